The van der Waals surface area contributed by atoms with Crippen molar-refractivity contribution in [2.45, 2.75) is 70.3 Å². The second-order valence-electron chi connectivity index (χ2n) is 4.59. The molecule has 0 aromatic rings. The van der Waals surface area contributed by atoms with Gasteiger partial charge in [-0.1, -0.05) is 51.2 Å². The van der Waals surface area contributed by atoms with E-state index in [2.05, 4.69) is 6.92 Å². The monoisotopic (exact) mass is 250 g/mol. The SMILES string of the molecule is CCCCCCC[C@H]1CC=C[C@@H](C(F)(F)F)O1. The molecule has 2 atom stereocenters. The van der Waals surface area contributed by atoms with Crippen LogP contribution in [-0.2, 0) is 4.74 Å². The molecule has 1 heterocycles. The molecule has 0 spiro atoms. The van der Waals surface area contributed by atoms with Crippen molar-refractivity contribution in [3.8, 4) is 0 Å². The number of hydrogen-bond donors (Lipinski definition) is 0. The zero-order valence-electron chi connectivity index (χ0n) is 10.3. The summed E-state index contributed by atoms with van der Waals surface area (Å²) in [6.07, 6.45) is 3.45. The van der Waals surface area contributed by atoms with Crippen LogP contribution in [0.25, 0.3) is 0 Å². The Balaban J connectivity index is 2.21. The molecule has 17 heavy (non-hydrogen) atoms. The normalized spacial score (nSPS) is 25.2. The Morgan fingerprint density at radius 1 is 1.18 bits per heavy atom. The van der Waals surface area contributed by atoms with Gasteiger partial charge in [0.25, 0.3) is 0 Å². The summed E-state index contributed by atoms with van der Waals surface area (Å²) in [5.41, 5.74) is 0. The molecule has 1 aliphatic heterocycles. The molecule has 0 saturated heterocycles. The summed E-state index contributed by atoms with van der Waals surface area (Å²) in [4.78, 5) is 0. The van der Waals surface area contributed by atoms with E-state index in [0.717, 1.165) is 25.3 Å². The van der Waals surface area contributed by atoms with Crippen LogP contribution in [0.3, 0.4) is 0 Å². The minimum Gasteiger partial charge on any atom is -0.361 e. The lowest BCUT2D eigenvalue weighted by Crippen LogP contribution is -2.35. The average molecular weight is 250 g/mol. The molecular formula is C13H21F3O. The minimum absolute atomic E-state index is 0.256. The fraction of sp³-hybridized carbons (Fsp3) is 0.846. The number of halogens is 3. The first kappa shape index (κ1) is 14.6. The van der Waals surface area contributed by atoms with Crippen molar-refractivity contribution in [2.75, 3.05) is 0 Å². The molecule has 0 amide bonds. The van der Waals surface area contributed by atoms with Crippen molar-refractivity contribution in [3.05, 3.63) is 12.2 Å². The lowest BCUT2D eigenvalue weighted by atomic mass is 10.0. The Bertz CT molecular complexity index is 235. The van der Waals surface area contributed by atoms with Gasteiger partial charge in [0.2, 0.25) is 0 Å². The zero-order valence-corrected chi connectivity index (χ0v) is 10.3. The van der Waals surface area contributed by atoms with Crippen LogP contribution in [0.5, 0.6) is 0 Å². The van der Waals surface area contributed by atoms with E-state index >= 15 is 0 Å². The Hall–Kier alpha value is -0.510. The molecule has 0 aromatic carbocycles. The van der Waals surface area contributed by atoms with Crippen LogP contribution in [0.15, 0.2) is 12.2 Å². The maximum Gasteiger partial charge on any atom is 0.418 e. The number of hydrogen-bond acceptors (Lipinski definition) is 1. The molecule has 0 aromatic heterocycles. The van der Waals surface area contributed by atoms with Crippen molar-refractivity contribution >= 4 is 0 Å². The first-order valence-corrected chi connectivity index (χ1v) is 6.43. The third kappa shape index (κ3) is 5.57. The summed E-state index contributed by atoms with van der Waals surface area (Å²) in [6.45, 7) is 2.14. The topological polar surface area (TPSA) is 9.23 Å². The van der Waals surface area contributed by atoms with Gasteiger partial charge in [-0.2, -0.15) is 13.2 Å². The van der Waals surface area contributed by atoms with Crippen LogP contribution < -0.4 is 0 Å². The largest absolute Gasteiger partial charge is 0.418 e. The highest BCUT2D eigenvalue weighted by Gasteiger charge is 2.41. The van der Waals surface area contributed by atoms with Gasteiger partial charge in [-0.25, -0.2) is 0 Å². The summed E-state index contributed by atoms with van der Waals surface area (Å²) < 4.78 is 42.3. The Morgan fingerprint density at radius 2 is 1.88 bits per heavy atom. The second-order valence-corrected chi connectivity index (χ2v) is 4.59. The number of ether oxygens (including phenoxy) is 1. The molecule has 0 bridgehead atoms. The van der Waals surface area contributed by atoms with Gasteiger partial charge in [0, 0.05) is 0 Å². The summed E-state index contributed by atoms with van der Waals surface area (Å²) >= 11 is 0. The third-order valence-corrected chi connectivity index (χ3v) is 3.00. The Morgan fingerprint density at radius 3 is 2.53 bits per heavy atom. The molecule has 0 saturated carbocycles. The summed E-state index contributed by atoms with van der Waals surface area (Å²) in [5.74, 6) is 0. The summed E-state index contributed by atoms with van der Waals surface area (Å²) in [6, 6.07) is 0. The van der Waals surface area contributed by atoms with Crippen LogP contribution in [0.4, 0.5) is 13.2 Å². The van der Waals surface area contributed by atoms with Crippen LogP contribution in [0.2, 0.25) is 0 Å². The Kier molecular flexibility index (Phi) is 6.03. The quantitative estimate of drug-likeness (QED) is 0.493. The number of unbranched alkanes of at least 4 members (excludes halogenated alkanes) is 4. The van der Waals surface area contributed by atoms with E-state index in [1.807, 2.05) is 0 Å². The van der Waals surface area contributed by atoms with Gasteiger partial charge in [0.05, 0.1) is 6.10 Å². The molecule has 0 N–H and O–H groups in total. The zero-order chi connectivity index (χ0) is 12.7. The molecule has 0 fully saturated rings. The highest BCUT2D eigenvalue weighted by molar-refractivity contribution is 4.99. The molecule has 1 aliphatic rings. The first-order chi connectivity index (χ1) is 8.04. The van der Waals surface area contributed by atoms with Gasteiger partial charge in [-0.15, -0.1) is 0 Å². The lowest BCUT2D eigenvalue weighted by molar-refractivity contribution is -0.219. The molecule has 0 unspecified atom stereocenters. The molecular weight excluding hydrogens is 229 g/mol. The van der Waals surface area contributed by atoms with Crippen molar-refractivity contribution in [3.63, 3.8) is 0 Å². The van der Waals surface area contributed by atoms with Gasteiger partial charge >= 0.3 is 6.18 Å². The summed E-state index contributed by atoms with van der Waals surface area (Å²) in [5, 5.41) is 0. The summed E-state index contributed by atoms with van der Waals surface area (Å²) in [7, 11) is 0. The molecule has 1 rings (SSSR count). The van der Waals surface area contributed by atoms with Crippen LogP contribution >= 0.6 is 0 Å². The maximum atomic E-state index is 12.4. The second kappa shape index (κ2) is 7.04. The van der Waals surface area contributed by atoms with E-state index in [-0.39, 0.29) is 6.10 Å². The van der Waals surface area contributed by atoms with Crippen LogP contribution in [0, 0.1) is 0 Å². The molecule has 0 aliphatic carbocycles. The molecule has 100 valence electrons. The fourth-order valence-corrected chi connectivity index (χ4v) is 2.01. The van der Waals surface area contributed by atoms with Crippen molar-refractivity contribution in [1.82, 2.24) is 0 Å². The van der Waals surface area contributed by atoms with Crippen LogP contribution in [-0.4, -0.2) is 18.4 Å². The lowest BCUT2D eigenvalue weighted by Gasteiger charge is -2.27. The van der Waals surface area contributed by atoms with Gasteiger partial charge in [0.1, 0.15) is 0 Å². The van der Waals surface area contributed by atoms with Crippen molar-refractivity contribution in [2.24, 2.45) is 0 Å². The standard InChI is InChI=1S/C13H21F3O/c1-2-3-4-5-6-8-11-9-7-10-12(17-11)13(14,15)16/h7,10-12H,2-6,8-9H2,1H3/t11-,12-/m0/s1. The minimum atomic E-state index is -4.27. The van der Waals surface area contributed by atoms with Gasteiger partial charge in [-0.05, 0) is 12.8 Å². The molecule has 4 heteroatoms. The average Bonchev–Trinajstić information content (AvgIpc) is 2.28. The van der Waals surface area contributed by atoms with E-state index in [1.54, 1.807) is 6.08 Å². The van der Waals surface area contributed by atoms with Gasteiger partial charge in [-0.3, -0.25) is 0 Å². The van der Waals surface area contributed by atoms with Crippen LogP contribution in [0.1, 0.15) is 51.9 Å². The molecule has 1 nitrogen and oxygen atoms in total. The first-order valence-electron chi connectivity index (χ1n) is 6.43. The van der Waals surface area contributed by atoms with Gasteiger partial charge in [0.15, 0.2) is 6.10 Å². The van der Waals surface area contributed by atoms with Gasteiger partial charge < -0.3 is 4.74 Å². The van der Waals surface area contributed by atoms with E-state index in [4.69, 9.17) is 4.74 Å². The highest BCUT2D eigenvalue weighted by Crippen LogP contribution is 2.29. The van der Waals surface area contributed by atoms with E-state index in [0.29, 0.717) is 6.42 Å². The predicted molar refractivity (Wildman–Crippen MR) is 61.8 cm³/mol. The van der Waals surface area contributed by atoms with E-state index in [9.17, 15) is 13.2 Å². The van der Waals surface area contributed by atoms with Crippen molar-refractivity contribution in [1.29, 1.82) is 0 Å². The maximum absolute atomic E-state index is 12.4. The molecule has 0 radical (unpaired) electrons. The fourth-order valence-electron chi connectivity index (χ4n) is 2.01. The van der Waals surface area contributed by atoms with Crippen molar-refractivity contribution < 1.29 is 17.9 Å². The smallest absolute Gasteiger partial charge is 0.361 e. The number of rotatable bonds is 6. The Labute approximate surface area is 101 Å². The predicted octanol–water partition coefficient (Wildman–Crippen LogP) is 4.62. The van der Waals surface area contributed by atoms with E-state index in [1.165, 1.54) is 19.3 Å². The number of alkyl halides is 3. The third-order valence-electron chi connectivity index (χ3n) is 3.00. The van der Waals surface area contributed by atoms with E-state index < -0.39 is 12.3 Å². The highest BCUT2D eigenvalue weighted by atomic mass is 19.4.